The minimum Gasteiger partial charge on any atom is -0.475 e. The van der Waals surface area contributed by atoms with Crippen LogP contribution in [0.25, 0.3) is 5.70 Å². The number of quaternary nitrogens is 1. The summed E-state index contributed by atoms with van der Waals surface area (Å²) in [6.45, 7) is 4.51. The Hall–Kier alpha value is -3.03. The van der Waals surface area contributed by atoms with Gasteiger partial charge in [0.05, 0.1) is 17.0 Å². The average Bonchev–Trinajstić information content (AvgIpc) is 3.04. The summed E-state index contributed by atoms with van der Waals surface area (Å²) in [4.78, 5) is 24.2. The van der Waals surface area contributed by atoms with E-state index in [2.05, 4.69) is 6.92 Å². The molecule has 1 aliphatic rings. The molecule has 0 saturated carbocycles. The van der Waals surface area contributed by atoms with E-state index in [0.717, 1.165) is 36.0 Å². The molecule has 162 valence electrons. The number of ketones is 1. The number of nitrogens with zero attached hydrogens (tertiary/aromatic N) is 1. The predicted molar refractivity (Wildman–Crippen MR) is 121 cm³/mol. The first-order chi connectivity index (χ1) is 14.6. The molecule has 0 aliphatic carbocycles. The Bertz CT molecular complexity index is 1180. The molecule has 0 saturated heterocycles. The molecule has 1 N–H and O–H groups in total. The molecular weight excluding hydrogens is 414 g/mol. The summed E-state index contributed by atoms with van der Waals surface area (Å²) in [6.07, 6.45) is 4.56. The Morgan fingerprint density at radius 2 is 1.61 bits per heavy atom. The number of hydrogen-bond acceptors (Lipinski definition) is 4. The molecule has 7 heteroatoms. The number of benzene rings is 2. The highest BCUT2D eigenvalue weighted by Gasteiger charge is 2.46. The number of carbonyl (C=O) groups excluding carboxylic acids is 1. The van der Waals surface area contributed by atoms with E-state index in [4.69, 9.17) is 0 Å². The highest BCUT2D eigenvalue weighted by Crippen LogP contribution is 2.46. The van der Waals surface area contributed by atoms with Crippen LogP contribution in [0.15, 0.2) is 76.8 Å². The van der Waals surface area contributed by atoms with E-state index < -0.39 is 21.6 Å². The second kappa shape index (κ2) is 8.61. The maximum atomic E-state index is 12.5. The smallest absolute Gasteiger partial charge is 0.377 e. The van der Waals surface area contributed by atoms with Gasteiger partial charge in [0.15, 0.2) is 15.5 Å². The van der Waals surface area contributed by atoms with Crippen LogP contribution < -0.4 is 4.48 Å². The number of para-hydroxylation sites is 1. The molecule has 2 aromatic carbocycles. The fraction of sp³-hybridized carbons (Fsp3) is 0.250. The van der Waals surface area contributed by atoms with E-state index in [0.29, 0.717) is 12.2 Å². The Labute approximate surface area is 182 Å². The first-order valence-corrected chi connectivity index (χ1v) is 12.0. The normalized spacial score (nSPS) is 18.7. The van der Waals surface area contributed by atoms with Crippen LogP contribution in [0.1, 0.15) is 32.3 Å². The molecule has 0 amide bonds. The van der Waals surface area contributed by atoms with Gasteiger partial charge in [0.2, 0.25) is 0 Å². The van der Waals surface area contributed by atoms with E-state index in [1.165, 1.54) is 12.1 Å². The van der Waals surface area contributed by atoms with Crippen LogP contribution in [0.5, 0.6) is 0 Å². The summed E-state index contributed by atoms with van der Waals surface area (Å²) >= 11 is 0. The van der Waals surface area contributed by atoms with E-state index in [9.17, 15) is 23.1 Å². The van der Waals surface area contributed by atoms with Gasteiger partial charge in [-0.2, -0.15) is 0 Å². The van der Waals surface area contributed by atoms with Gasteiger partial charge in [-0.1, -0.05) is 31.5 Å². The number of carbonyl (C=O) groups is 2. The van der Waals surface area contributed by atoms with Gasteiger partial charge in [-0.3, -0.25) is 4.79 Å². The van der Waals surface area contributed by atoms with E-state index >= 15 is 0 Å². The van der Waals surface area contributed by atoms with Crippen molar-refractivity contribution in [1.29, 1.82) is 0 Å². The van der Waals surface area contributed by atoms with Gasteiger partial charge < -0.3 is 5.11 Å². The first kappa shape index (κ1) is 22.7. The number of carboxylic acid groups (broad SMARTS) is 1. The Morgan fingerprint density at radius 3 is 2.13 bits per heavy atom. The van der Waals surface area contributed by atoms with Crippen LogP contribution >= 0.6 is 0 Å². The lowest BCUT2D eigenvalue weighted by atomic mass is 10.1. The number of unbranched alkanes of at least 4 members (excludes halogenated alkanes) is 1. The molecule has 0 bridgehead atoms. The molecule has 0 spiro atoms. The van der Waals surface area contributed by atoms with Gasteiger partial charge in [-0.05, 0) is 42.8 Å². The van der Waals surface area contributed by atoms with Crippen molar-refractivity contribution in [2.45, 2.75) is 31.6 Å². The van der Waals surface area contributed by atoms with Crippen LogP contribution in [0.4, 0.5) is 5.69 Å². The lowest BCUT2D eigenvalue weighted by Gasteiger charge is -2.37. The summed E-state index contributed by atoms with van der Waals surface area (Å²) in [5, 5.41) is 9.37. The third kappa shape index (κ3) is 4.11. The SMILES string of the molecule is CCCC[N+]1(c2ccccc2)C(c2ccc(S(C)(=O)=O)cc2)=CC(C(=O)C(=O)O)=C1C. The maximum Gasteiger partial charge on any atom is 0.377 e. The van der Waals surface area contributed by atoms with Crippen LogP contribution in [0.2, 0.25) is 0 Å². The maximum absolute atomic E-state index is 12.5. The van der Waals surface area contributed by atoms with Crippen LogP contribution in [0.3, 0.4) is 0 Å². The molecule has 31 heavy (non-hydrogen) atoms. The molecule has 0 radical (unpaired) electrons. The number of rotatable bonds is 8. The van der Waals surface area contributed by atoms with Crippen molar-refractivity contribution in [3.63, 3.8) is 0 Å². The predicted octanol–water partition coefficient (Wildman–Crippen LogP) is 4.18. The van der Waals surface area contributed by atoms with Crippen LogP contribution in [0, 0.1) is 0 Å². The zero-order chi connectivity index (χ0) is 22.8. The number of Topliss-reactive ketones (excluding diaryl/α,β-unsaturated/α-hetero) is 1. The fourth-order valence-electron chi connectivity index (χ4n) is 4.09. The van der Waals surface area contributed by atoms with Gasteiger partial charge in [-0.25, -0.2) is 17.7 Å². The number of aliphatic carboxylic acids is 1. The third-order valence-corrected chi connectivity index (χ3v) is 6.84. The largest absolute Gasteiger partial charge is 0.475 e. The number of carboxylic acids is 1. The standard InChI is InChI=1S/C24H25NO5S/c1-4-5-15-25(19-9-7-6-8-10-19)17(2)21(23(26)24(27)28)16-22(25)18-11-13-20(14-12-18)31(3,29)30/h6-14,16H,4-5,15H2,1-3H3/p+1. The minimum absolute atomic E-state index is 0.162. The van der Waals surface area contributed by atoms with Crippen molar-refractivity contribution in [3.8, 4) is 0 Å². The third-order valence-electron chi connectivity index (χ3n) is 5.72. The number of hydrogen-bond donors (Lipinski definition) is 1. The lowest BCUT2D eigenvalue weighted by molar-refractivity contribution is -0.147. The monoisotopic (exact) mass is 440 g/mol. The number of sulfone groups is 1. The Kier molecular flexibility index (Phi) is 6.29. The van der Waals surface area contributed by atoms with Crippen molar-refractivity contribution >= 4 is 33.0 Å². The molecule has 0 fully saturated rings. The van der Waals surface area contributed by atoms with Crippen LogP contribution in [-0.2, 0) is 19.4 Å². The summed E-state index contributed by atoms with van der Waals surface area (Å²) < 4.78 is 24.0. The molecule has 1 unspecified atom stereocenters. The van der Waals surface area contributed by atoms with Gasteiger partial charge in [-0.15, -0.1) is 0 Å². The molecule has 1 aliphatic heterocycles. The summed E-state index contributed by atoms with van der Waals surface area (Å²) in [7, 11) is -3.35. The van der Waals surface area contributed by atoms with Crippen LogP contribution in [-0.4, -0.2) is 38.1 Å². The number of allylic oxidation sites excluding steroid dienone is 2. The van der Waals surface area contributed by atoms with Gasteiger partial charge >= 0.3 is 5.97 Å². The fourth-order valence-corrected chi connectivity index (χ4v) is 4.72. The summed E-state index contributed by atoms with van der Waals surface area (Å²) in [6, 6.07) is 16.2. The zero-order valence-electron chi connectivity index (χ0n) is 17.8. The second-order valence-corrected chi connectivity index (χ2v) is 9.70. The zero-order valence-corrected chi connectivity index (χ0v) is 18.6. The molecular formula is C24H26NO5S+. The van der Waals surface area contributed by atoms with E-state index in [1.807, 2.05) is 30.3 Å². The molecule has 1 atom stereocenters. The summed E-state index contributed by atoms with van der Waals surface area (Å²) in [5.41, 5.74) is 3.21. The highest BCUT2D eigenvalue weighted by molar-refractivity contribution is 7.90. The molecule has 0 aromatic heterocycles. The average molecular weight is 441 g/mol. The Morgan fingerprint density at radius 1 is 1.00 bits per heavy atom. The van der Waals surface area contributed by atoms with Crippen molar-refractivity contribution in [2.75, 3.05) is 12.8 Å². The van der Waals surface area contributed by atoms with Crippen molar-refractivity contribution in [3.05, 3.63) is 77.5 Å². The van der Waals surface area contributed by atoms with E-state index in [1.54, 1.807) is 25.1 Å². The quantitative estimate of drug-likeness (QED) is 0.491. The van der Waals surface area contributed by atoms with Crippen molar-refractivity contribution < 1.29 is 23.1 Å². The van der Waals surface area contributed by atoms with Crippen molar-refractivity contribution in [2.24, 2.45) is 0 Å². The van der Waals surface area contributed by atoms with Crippen molar-refractivity contribution in [1.82, 2.24) is 4.48 Å². The minimum atomic E-state index is -3.35. The summed E-state index contributed by atoms with van der Waals surface area (Å²) in [5.74, 6) is -2.45. The lowest BCUT2D eigenvalue weighted by Crippen LogP contribution is -2.45. The second-order valence-electron chi connectivity index (χ2n) is 7.68. The molecule has 6 nitrogen and oxygen atoms in total. The first-order valence-electron chi connectivity index (χ1n) is 10.1. The van der Waals surface area contributed by atoms with Gasteiger partial charge in [0.1, 0.15) is 11.4 Å². The highest BCUT2D eigenvalue weighted by atomic mass is 32.2. The molecule has 3 rings (SSSR count). The topological polar surface area (TPSA) is 88.5 Å². The Balaban J connectivity index is 2.28. The van der Waals surface area contributed by atoms with E-state index in [-0.39, 0.29) is 15.0 Å². The molecule has 1 heterocycles. The molecule has 2 aromatic rings. The van der Waals surface area contributed by atoms with Gasteiger partial charge in [0, 0.05) is 24.8 Å². The van der Waals surface area contributed by atoms with Gasteiger partial charge in [0.25, 0.3) is 5.78 Å².